The zero-order valence-electron chi connectivity index (χ0n) is 11.2. The molecule has 0 saturated carbocycles. The first-order valence-corrected chi connectivity index (χ1v) is 6.34. The van der Waals surface area contributed by atoms with Gasteiger partial charge >= 0.3 is 0 Å². The van der Waals surface area contributed by atoms with Crippen molar-refractivity contribution in [1.29, 1.82) is 0 Å². The molecule has 0 bridgehead atoms. The molecular formula is C14H18N2O3. The number of ether oxygens (including phenoxy) is 1. The van der Waals surface area contributed by atoms with E-state index in [2.05, 4.69) is 5.32 Å². The molecule has 0 aromatic heterocycles. The molecule has 5 nitrogen and oxygen atoms in total. The third kappa shape index (κ3) is 3.24. The molecular weight excluding hydrogens is 244 g/mol. The van der Waals surface area contributed by atoms with E-state index >= 15 is 0 Å². The predicted octanol–water partition coefficient (Wildman–Crippen LogP) is 0.721. The first-order valence-electron chi connectivity index (χ1n) is 6.34. The van der Waals surface area contributed by atoms with Crippen molar-refractivity contribution in [3.8, 4) is 5.75 Å². The average molecular weight is 262 g/mol. The Balaban J connectivity index is 1.92. The number of aryl methyl sites for hydroxylation is 1. The van der Waals surface area contributed by atoms with Crippen LogP contribution in [0.4, 0.5) is 0 Å². The lowest BCUT2D eigenvalue weighted by atomic mass is 10.2. The summed E-state index contributed by atoms with van der Waals surface area (Å²) in [7, 11) is 0. The summed E-state index contributed by atoms with van der Waals surface area (Å²) in [5, 5.41) is 2.72. The molecule has 2 amide bonds. The topological polar surface area (TPSA) is 58.6 Å². The van der Waals surface area contributed by atoms with Crippen molar-refractivity contribution >= 4 is 11.8 Å². The summed E-state index contributed by atoms with van der Waals surface area (Å²) in [5.41, 5.74) is 1.08. The predicted molar refractivity (Wildman–Crippen MR) is 70.9 cm³/mol. The summed E-state index contributed by atoms with van der Waals surface area (Å²) in [5.74, 6) is 0.390. The zero-order valence-corrected chi connectivity index (χ0v) is 11.2. The minimum Gasteiger partial charge on any atom is -0.484 e. The number of amides is 2. The van der Waals surface area contributed by atoms with Gasteiger partial charge in [-0.25, -0.2) is 0 Å². The molecule has 1 N–H and O–H groups in total. The van der Waals surface area contributed by atoms with E-state index in [1.54, 1.807) is 11.8 Å². The molecule has 19 heavy (non-hydrogen) atoms. The Hall–Kier alpha value is -2.04. The van der Waals surface area contributed by atoms with E-state index in [4.69, 9.17) is 4.74 Å². The first-order chi connectivity index (χ1) is 9.08. The summed E-state index contributed by atoms with van der Waals surface area (Å²) in [6, 6.07) is 7.10. The van der Waals surface area contributed by atoms with E-state index in [0.29, 0.717) is 18.8 Å². The van der Waals surface area contributed by atoms with E-state index < -0.39 is 6.04 Å². The maximum absolute atomic E-state index is 12.0. The zero-order chi connectivity index (χ0) is 13.8. The van der Waals surface area contributed by atoms with E-state index in [-0.39, 0.29) is 18.4 Å². The van der Waals surface area contributed by atoms with Gasteiger partial charge in [-0.1, -0.05) is 12.1 Å². The highest BCUT2D eigenvalue weighted by Crippen LogP contribution is 2.13. The molecule has 1 aliphatic heterocycles. The van der Waals surface area contributed by atoms with Crippen LogP contribution in [-0.2, 0) is 9.59 Å². The fraction of sp³-hybridized carbons (Fsp3) is 0.429. The molecule has 1 aliphatic rings. The Morgan fingerprint density at radius 1 is 1.53 bits per heavy atom. The molecule has 2 rings (SSSR count). The third-order valence-corrected chi connectivity index (χ3v) is 3.17. The maximum Gasteiger partial charge on any atom is 0.261 e. The Kier molecular flexibility index (Phi) is 4.04. The van der Waals surface area contributed by atoms with Gasteiger partial charge in [0.15, 0.2) is 6.61 Å². The number of benzene rings is 1. The molecule has 1 saturated heterocycles. The van der Waals surface area contributed by atoms with Crippen molar-refractivity contribution in [2.45, 2.75) is 19.9 Å². The van der Waals surface area contributed by atoms with E-state index in [9.17, 15) is 9.59 Å². The Labute approximate surface area is 112 Å². The van der Waals surface area contributed by atoms with E-state index in [1.165, 1.54) is 0 Å². The van der Waals surface area contributed by atoms with Crippen LogP contribution in [0.15, 0.2) is 24.3 Å². The Morgan fingerprint density at radius 2 is 2.32 bits per heavy atom. The van der Waals surface area contributed by atoms with Gasteiger partial charge in [-0.2, -0.15) is 0 Å². The SMILES string of the molecule is Cc1cccc(OCC(=O)N2CCNC(=O)C2C)c1. The molecule has 0 aliphatic carbocycles. The fourth-order valence-electron chi connectivity index (χ4n) is 2.06. The number of nitrogens with zero attached hydrogens (tertiary/aromatic N) is 1. The molecule has 0 radical (unpaired) electrons. The highest BCUT2D eigenvalue weighted by atomic mass is 16.5. The average Bonchev–Trinajstić information content (AvgIpc) is 2.39. The van der Waals surface area contributed by atoms with Gasteiger partial charge in [0.1, 0.15) is 11.8 Å². The van der Waals surface area contributed by atoms with Crippen molar-refractivity contribution in [3.05, 3.63) is 29.8 Å². The van der Waals surface area contributed by atoms with Crippen LogP contribution >= 0.6 is 0 Å². The summed E-state index contributed by atoms with van der Waals surface area (Å²) < 4.78 is 5.46. The van der Waals surface area contributed by atoms with Crippen molar-refractivity contribution in [2.75, 3.05) is 19.7 Å². The number of carbonyl (C=O) groups excluding carboxylic acids is 2. The minimum atomic E-state index is -0.428. The second-order valence-corrected chi connectivity index (χ2v) is 4.66. The molecule has 1 heterocycles. The van der Waals surface area contributed by atoms with Crippen LogP contribution in [0.25, 0.3) is 0 Å². The number of rotatable bonds is 3. The van der Waals surface area contributed by atoms with Crippen LogP contribution in [0.1, 0.15) is 12.5 Å². The van der Waals surface area contributed by atoms with Crippen LogP contribution < -0.4 is 10.1 Å². The molecule has 1 unspecified atom stereocenters. The number of hydrogen-bond acceptors (Lipinski definition) is 3. The molecule has 5 heteroatoms. The van der Waals surface area contributed by atoms with E-state index in [0.717, 1.165) is 5.56 Å². The second-order valence-electron chi connectivity index (χ2n) is 4.66. The summed E-state index contributed by atoms with van der Waals surface area (Å²) in [4.78, 5) is 25.1. The lowest BCUT2D eigenvalue weighted by Gasteiger charge is -2.32. The lowest BCUT2D eigenvalue weighted by molar-refractivity contribution is -0.143. The van der Waals surface area contributed by atoms with Crippen molar-refractivity contribution < 1.29 is 14.3 Å². The van der Waals surface area contributed by atoms with Gasteiger partial charge in [-0.3, -0.25) is 9.59 Å². The molecule has 1 fully saturated rings. The van der Waals surface area contributed by atoms with Crippen LogP contribution in [-0.4, -0.2) is 42.5 Å². The number of hydrogen-bond donors (Lipinski definition) is 1. The second kappa shape index (κ2) is 5.73. The quantitative estimate of drug-likeness (QED) is 0.873. The van der Waals surface area contributed by atoms with Gasteiger partial charge in [0, 0.05) is 13.1 Å². The summed E-state index contributed by atoms with van der Waals surface area (Å²) >= 11 is 0. The van der Waals surface area contributed by atoms with Crippen molar-refractivity contribution in [1.82, 2.24) is 10.2 Å². The Bertz CT molecular complexity index is 487. The minimum absolute atomic E-state index is 0.0406. The maximum atomic E-state index is 12.0. The van der Waals surface area contributed by atoms with Gasteiger partial charge in [-0.15, -0.1) is 0 Å². The van der Waals surface area contributed by atoms with Gasteiger partial charge in [0.2, 0.25) is 5.91 Å². The summed E-state index contributed by atoms with van der Waals surface area (Å²) in [6.45, 7) is 4.67. The highest BCUT2D eigenvalue weighted by molar-refractivity contribution is 5.89. The molecule has 1 aromatic rings. The van der Waals surface area contributed by atoms with Crippen molar-refractivity contribution in [3.63, 3.8) is 0 Å². The number of nitrogens with one attached hydrogen (secondary N) is 1. The summed E-state index contributed by atoms with van der Waals surface area (Å²) in [6.07, 6.45) is 0. The largest absolute Gasteiger partial charge is 0.484 e. The smallest absolute Gasteiger partial charge is 0.261 e. The van der Waals surface area contributed by atoms with E-state index in [1.807, 2.05) is 31.2 Å². The monoisotopic (exact) mass is 262 g/mol. The van der Waals surface area contributed by atoms with Gasteiger partial charge < -0.3 is 15.0 Å². The van der Waals surface area contributed by atoms with Gasteiger partial charge in [-0.05, 0) is 31.5 Å². The lowest BCUT2D eigenvalue weighted by Crippen LogP contribution is -2.56. The fourth-order valence-corrected chi connectivity index (χ4v) is 2.06. The highest BCUT2D eigenvalue weighted by Gasteiger charge is 2.29. The molecule has 1 aromatic carbocycles. The molecule has 1 atom stereocenters. The van der Waals surface area contributed by atoms with Crippen LogP contribution in [0.5, 0.6) is 5.75 Å². The van der Waals surface area contributed by atoms with Crippen molar-refractivity contribution in [2.24, 2.45) is 0 Å². The molecule has 0 spiro atoms. The number of carbonyl (C=O) groups is 2. The number of piperazine rings is 1. The normalized spacial score (nSPS) is 18.9. The van der Waals surface area contributed by atoms with Crippen LogP contribution in [0.2, 0.25) is 0 Å². The molecule has 102 valence electrons. The first kappa shape index (κ1) is 13.4. The van der Waals surface area contributed by atoms with Crippen LogP contribution in [0, 0.1) is 6.92 Å². The van der Waals surface area contributed by atoms with Crippen LogP contribution in [0.3, 0.4) is 0 Å². The Morgan fingerprint density at radius 3 is 3.05 bits per heavy atom. The van der Waals surface area contributed by atoms with Gasteiger partial charge in [0.25, 0.3) is 5.91 Å². The van der Waals surface area contributed by atoms with Gasteiger partial charge in [0.05, 0.1) is 0 Å². The standard InChI is InChI=1S/C14H18N2O3/c1-10-4-3-5-12(8-10)19-9-13(17)16-7-6-15-14(18)11(16)2/h3-5,8,11H,6-7,9H2,1-2H3,(H,15,18). The third-order valence-electron chi connectivity index (χ3n) is 3.17.